The van der Waals surface area contributed by atoms with Crippen molar-refractivity contribution < 1.29 is 9.59 Å². The summed E-state index contributed by atoms with van der Waals surface area (Å²) in [4.78, 5) is 26.3. The Balaban J connectivity index is 1.97. The zero-order chi connectivity index (χ0) is 13.1. The number of aryl methyl sites for hydroxylation is 1. The van der Waals surface area contributed by atoms with E-state index in [4.69, 9.17) is 0 Å². The number of benzene rings is 1. The van der Waals surface area contributed by atoms with Gasteiger partial charge in [0.1, 0.15) is 0 Å². The minimum Gasteiger partial charge on any atom is -0.324 e. The van der Waals surface area contributed by atoms with Gasteiger partial charge in [-0.1, -0.05) is 30.3 Å². The van der Waals surface area contributed by atoms with Crippen molar-refractivity contribution in [2.24, 2.45) is 0 Å². The highest BCUT2D eigenvalue weighted by Gasteiger charge is 2.33. The number of carbonyl (C=O) groups excluding carboxylic acids is 2. The van der Waals surface area contributed by atoms with Gasteiger partial charge in [-0.2, -0.15) is 0 Å². The molecule has 1 atom stereocenters. The maximum absolute atomic E-state index is 11.8. The predicted octanol–water partition coefficient (Wildman–Crippen LogP) is 1.90. The van der Waals surface area contributed by atoms with Gasteiger partial charge in [0.2, 0.25) is 5.91 Å². The average molecular weight is 246 g/mol. The lowest BCUT2D eigenvalue weighted by molar-refractivity contribution is -0.131. The fourth-order valence-electron chi connectivity index (χ4n) is 2.25. The molecule has 4 heteroatoms. The third-order valence-electron chi connectivity index (χ3n) is 3.53. The Labute approximate surface area is 107 Å². The van der Waals surface area contributed by atoms with E-state index in [9.17, 15) is 9.59 Å². The van der Waals surface area contributed by atoms with Crippen molar-refractivity contribution in [3.63, 3.8) is 0 Å². The number of hydrogen-bond donors (Lipinski definition) is 0. The minimum atomic E-state index is -0.204. The standard InChI is InChI=1S/C14H18N2O2/c1-15-12(10-13(17)16(2)14(15)18)9-8-11-6-4-3-5-7-11/h3-7,12H,8-10H2,1-2H3. The molecule has 0 spiro atoms. The van der Waals surface area contributed by atoms with E-state index < -0.39 is 0 Å². The van der Waals surface area contributed by atoms with Crippen molar-refractivity contribution in [1.82, 2.24) is 9.80 Å². The molecule has 96 valence electrons. The molecule has 0 bridgehead atoms. The molecule has 1 unspecified atom stereocenters. The van der Waals surface area contributed by atoms with Gasteiger partial charge in [0.15, 0.2) is 0 Å². The normalized spacial score (nSPS) is 20.4. The minimum absolute atomic E-state index is 0.0152. The van der Waals surface area contributed by atoms with Gasteiger partial charge in [-0.15, -0.1) is 0 Å². The molecule has 1 aliphatic heterocycles. The number of amides is 3. The third kappa shape index (κ3) is 2.53. The monoisotopic (exact) mass is 246 g/mol. The Morgan fingerprint density at radius 1 is 1.17 bits per heavy atom. The van der Waals surface area contributed by atoms with E-state index in [-0.39, 0.29) is 18.0 Å². The van der Waals surface area contributed by atoms with Gasteiger partial charge < -0.3 is 4.90 Å². The first kappa shape index (κ1) is 12.6. The molecule has 0 radical (unpaired) electrons. The first-order chi connectivity index (χ1) is 8.59. The zero-order valence-corrected chi connectivity index (χ0v) is 10.8. The predicted molar refractivity (Wildman–Crippen MR) is 69.1 cm³/mol. The molecule has 0 N–H and O–H groups in total. The second-order valence-corrected chi connectivity index (χ2v) is 4.73. The topological polar surface area (TPSA) is 40.6 Å². The van der Waals surface area contributed by atoms with Crippen LogP contribution in [-0.4, -0.2) is 41.9 Å². The second-order valence-electron chi connectivity index (χ2n) is 4.73. The van der Waals surface area contributed by atoms with Crippen LogP contribution in [0.4, 0.5) is 4.79 Å². The Morgan fingerprint density at radius 2 is 1.83 bits per heavy atom. The summed E-state index contributed by atoms with van der Waals surface area (Å²) in [5.41, 5.74) is 1.24. The fraction of sp³-hybridized carbons (Fsp3) is 0.429. The summed E-state index contributed by atoms with van der Waals surface area (Å²) >= 11 is 0. The SMILES string of the molecule is CN1C(=O)CC(CCc2ccccc2)N(C)C1=O. The molecule has 1 saturated heterocycles. The number of carbonyl (C=O) groups is 2. The zero-order valence-electron chi connectivity index (χ0n) is 10.8. The van der Waals surface area contributed by atoms with Gasteiger partial charge in [-0.25, -0.2) is 4.79 Å². The molecule has 1 aromatic carbocycles. The Morgan fingerprint density at radius 3 is 2.50 bits per heavy atom. The molecule has 1 fully saturated rings. The summed E-state index contributed by atoms with van der Waals surface area (Å²) in [5, 5.41) is 0. The smallest absolute Gasteiger partial charge is 0.324 e. The fourth-order valence-corrected chi connectivity index (χ4v) is 2.25. The van der Waals surface area contributed by atoms with E-state index >= 15 is 0 Å². The highest BCUT2D eigenvalue weighted by molar-refractivity contribution is 5.96. The van der Waals surface area contributed by atoms with Crippen molar-refractivity contribution in [2.45, 2.75) is 25.3 Å². The Bertz CT molecular complexity index is 444. The van der Waals surface area contributed by atoms with Gasteiger partial charge in [0.05, 0.1) is 0 Å². The Kier molecular flexibility index (Phi) is 3.65. The van der Waals surface area contributed by atoms with Crippen molar-refractivity contribution >= 4 is 11.9 Å². The van der Waals surface area contributed by atoms with Gasteiger partial charge in [-0.3, -0.25) is 9.69 Å². The number of nitrogens with zero attached hydrogens (tertiary/aromatic N) is 2. The van der Waals surface area contributed by atoms with E-state index in [1.54, 1.807) is 11.9 Å². The molecule has 3 amide bonds. The highest BCUT2D eigenvalue weighted by atomic mass is 16.2. The lowest BCUT2D eigenvalue weighted by Crippen LogP contribution is -2.53. The first-order valence-corrected chi connectivity index (χ1v) is 6.17. The van der Waals surface area contributed by atoms with Crippen LogP contribution in [0.2, 0.25) is 0 Å². The van der Waals surface area contributed by atoms with Crippen LogP contribution < -0.4 is 0 Å². The summed E-state index contributed by atoms with van der Waals surface area (Å²) in [6.45, 7) is 0. The van der Waals surface area contributed by atoms with Crippen molar-refractivity contribution in [1.29, 1.82) is 0 Å². The maximum atomic E-state index is 11.8. The van der Waals surface area contributed by atoms with Crippen LogP contribution in [0, 0.1) is 0 Å². The molecular weight excluding hydrogens is 228 g/mol. The molecule has 0 aromatic heterocycles. The molecule has 2 rings (SSSR count). The van der Waals surface area contributed by atoms with Gasteiger partial charge in [-0.05, 0) is 18.4 Å². The summed E-state index contributed by atoms with van der Waals surface area (Å²) in [6.07, 6.45) is 2.14. The van der Waals surface area contributed by atoms with Gasteiger partial charge in [0.25, 0.3) is 0 Å². The van der Waals surface area contributed by atoms with E-state index in [0.29, 0.717) is 6.42 Å². The third-order valence-corrected chi connectivity index (χ3v) is 3.53. The molecular formula is C14H18N2O2. The molecule has 0 saturated carbocycles. The molecule has 1 aliphatic rings. The van der Waals surface area contributed by atoms with Crippen LogP contribution in [0.3, 0.4) is 0 Å². The van der Waals surface area contributed by atoms with Crippen LogP contribution in [0.5, 0.6) is 0 Å². The van der Waals surface area contributed by atoms with E-state index in [1.807, 2.05) is 18.2 Å². The van der Waals surface area contributed by atoms with E-state index in [2.05, 4.69) is 12.1 Å². The molecule has 1 aromatic rings. The summed E-state index contributed by atoms with van der Waals surface area (Å²) < 4.78 is 0. The largest absolute Gasteiger partial charge is 0.326 e. The van der Waals surface area contributed by atoms with E-state index in [0.717, 1.165) is 12.8 Å². The number of urea groups is 1. The van der Waals surface area contributed by atoms with Crippen LogP contribution in [0.25, 0.3) is 0 Å². The molecule has 1 heterocycles. The summed E-state index contributed by atoms with van der Waals surface area (Å²) in [7, 11) is 3.30. The summed E-state index contributed by atoms with van der Waals surface area (Å²) in [6, 6.07) is 9.94. The number of imide groups is 1. The highest BCUT2D eigenvalue weighted by Crippen LogP contribution is 2.19. The van der Waals surface area contributed by atoms with Crippen LogP contribution >= 0.6 is 0 Å². The Hall–Kier alpha value is -1.84. The van der Waals surface area contributed by atoms with Gasteiger partial charge in [0, 0.05) is 26.6 Å². The first-order valence-electron chi connectivity index (χ1n) is 6.17. The van der Waals surface area contributed by atoms with Crippen molar-refractivity contribution in [3.05, 3.63) is 35.9 Å². The lowest BCUT2D eigenvalue weighted by atomic mass is 10.00. The van der Waals surface area contributed by atoms with Gasteiger partial charge >= 0.3 is 6.03 Å². The quantitative estimate of drug-likeness (QED) is 0.817. The molecule has 4 nitrogen and oxygen atoms in total. The van der Waals surface area contributed by atoms with Crippen LogP contribution in [-0.2, 0) is 11.2 Å². The van der Waals surface area contributed by atoms with Crippen molar-refractivity contribution in [2.75, 3.05) is 14.1 Å². The van der Waals surface area contributed by atoms with Crippen molar-refractivity contribution in [3.8, 4) is 0 Å². The maximum Gasteiger partial charge on any atom is 0.326 e. The molecule has 18 heavy (non-hydrogen) atoms. The van der Waals surface area contributed by atoms with E-state index in [1.165, 1.54) is 17.5 Å². The average Bonchev–Trinajstić information content (AvgIpc) is 2.40. The van der Waals surface area contributed by atoms with Crippen LogP contribution in [0.15, 0.2) is 30.3 Å². The number of hydrogen-bond acceptors (Lipinski definition) is 2. The van der Waals surface area contributed by atoms with Crippen LogP contribution in [0.1, 0.15) is 18.4 Å². The number of rotatable bonds is 3. The summed E-state index contributed by atoms with van der Waals surface area (Å²) in [5.74, 6) is -0.0869. The lowest BCUT2D eigenvalue weighted by Gasteiger charge is -2.36. The second kappa shape index (κ2) is 5.21. The molecule has 0 aliphatic carbocycles.